The SMILES string of the molecule is CN=C(NCCCN1CCCC1)NCC1COc2ccccc2O1. The molecule has 0 radical (unpaired) electrons. The van der Waals surface area contributed by atoms with Crippen LogP contribution in [0.25, 0.3) is 0 Å². The van der Waals surface area contributed by atoms with Crippen molar-refractivity contribution in [3.05, 3.63) is 24.3 Å². The summed E-state index contributed by atoms with van der Waals surface area (Å²) in [5, 5.41) is 6.69. The Hall–Kier alpha value is -1.95. The first-order chi connectivity index (χ1) is 11.8. The molecule has 0 bridgehead atoms. The Morgan fingerprint density at radius 2 is 2.00 bits per heavy atom. The van der Waals surface area contributed by atoms with Gasteiger partial charge in [0.15, 0.2) is 17.5 Å². The molecule has 0 aromatic heterocycles. The number of likely N-dealkylation sites (tertiary alicyclic amines) is 1. The van der Waals surface area contributed by atoms with Gasteiger partial charge in [-0.25, -0.2) is 0 Å². The molecule has 2 N–H and O–H groups in total. The average molecular weight is 332 g/mol. The average Bonchev–Trinajstić information content (AvgIpc) is 3.14. The summed E-state index contributed by atoms with van der Waals surface area (Å²) >= 11 is 0. The molecule has 3 rings (SSSR count). The number of fused-ring (bicyclic) bond motifs is 1. The fourth-order valence-electron chi connectivity index (χ4n) is 3.11. The lowest BCUT2D eigenvalue weighted by Crippen LogP contribution is -2.45. The zero-order valence-corrected chi connectivity index (χ0v) is 14.5. The van der Waals surface area contributed by atoms with Gasteiger partial charge in [0.2, 0.25) is 0 Å². The van der Waals surface area contributed by atoms with Crippen LogP contribution in [0.5, 0.6) is 11.5 Å². The summed E-state index contributed by atoms with van der Waals surface area (Å²) in [6.07, 6.45) is 3.83. The second-order valence-corrected chi connectivity index (χ2v) is 6.28. The number of hydrogen-bond donors (Lipinski definition) is 2. The van der Waals surface area contributed by atoms with Gasteiger partial charge in [0, 0.05) is 13.6 Å². The standard InChI is InChI=1S/C18H28N4O2/c1-19-18(20-9-6-12-22-10-4-5-11-22)21-13-15-14-23-16-7-2-3-8-17(16)24-15/h2-3,7-8,15H,4-6,9-14H2,1H3,(H2,19,20,21). The summed E-state index contributed by atoms with van der Waals surface area (Å²) in [6.45, 7) is 5.83. The van der Waals surface area contributed by atoms with Gasteiger partial charge in [0.25, 0.3) is 0 Å². The van der Waals surface area contributed by atoms with Crippen molar-refractivity contribution >= 4 is 5.96 Å². The van der Waals surface area contributed by atoms with Crippen LogP contribution in [0.2, 0.25) is 0 Å². The fourth-order valence-corrected chi connectivity index (χ4v) is 3.11. The molecule has 0 amide bonds. The molecule has 1 atom stereocenters. The molecule has 1 saturated heterocycles. The van der Waals surface area contributed by atoms with Crippen LogP contribution in [-0.2, 0) is 0 Å². The number of aliphatic imine (C=N–C) groups is 1. The van der Waals surface area contributed by atoms with Gasteiger partial charge in [-0.05, 0) is 51.0 Å². The molecule has 1 unspecified atom stereocenters. The molecule has 1 fully saturated rings. The largest absolute Gasteiger partial charge is 0.486 e. The topological polar surface area (TPSA) is 58.1 Å². The van der Waals surface area contributed by atoms with E-state index in [-0.39, 0.29) is 6.10 Å². The van der Waals surface area contributed by atoms with E-state index in [0.717, 1.165) is 30.4 Å². The van der Waals surface area contributed by atoms with E-state index in [1.807, 2.05) is 24.3 Å². The van der Waals surface area contributed by atoms with Gasteiger partial charge in [-0.2, -0.15) is 0 Å². The molecule has 1 aromatic carbocycles. The third-order valence-corrected chi connectivity index (χ3v) is 4.43. The summed E-state index contributed by atoms with van der Waals surface area (Å²) in [6, 6.07) is 7.78. The van der Waals surface area contributed by atoms with Gasteiger partial charge < -0.3 is 25.0 Å². The van der Waals surface area contributed by atoms with Gasteiger partial charge in [0.05, 0.1) is 6.54 Å². The van der Waals surface area contributed by atoms with Crippen molar-refractivity contribution in [2.45, 2.75) is 25.4 Å². The first-order valence-electron chi connectivity index (χ1n) is 8.90. The van der Waals surface area contributed by atoms with Crippen LogP contribution < -0.4 is 20.1 Å². The Bertz CT molecular complexity index is 544. The molecule has 0 aliphatic carbocycles. The molecule has 6 nitrogen and oxygen atoms in total. The fraction of sp³-hybridized carbons (Fsp3) is 0.611. The summed E-state index contributed by atoms with van der Waals surface area (Å²) in [7, 11) is 1.79. The number of nitrogens with one attached hydrogen (secondary N) is 2. The Balaban J connectivity index is 1.34. The minimum Gasteiger partial charge on any atom is -0.486 e. The van der Waals surface area contributed by atoms with Crippen LogP contribution in [0, 0.1) is 0 Å². The van der Waals surface area contributed by atoms with Crippen molar-refractivity contribution in [1.82, 2.24) is 15.5 Å². The van der Waals surface area contributed by atoms with E-state index in [1.165, 1.54) is 32.5 Å². The Labute approximate surface area is 144 Å². The summed E-state index contributed by atoms with van der Waals surface area (Å²) in [5.41, 5.74) is 0. The lowest BCUT2D eigenvalue weighted by molar-refractivity contribution is 0.0936. The maximum atomic E-state index is 5.94. The monoisotopic (exact) mass is 332 g/mol. The van der Waals surface area contributed by atoms with E-state index in [0.29, 0.717) is 13.2 Å². The second kappa shape index (κ2) is 8.78. The summed E-state index contributed by atoms with van der Waals surface area (Å²) in [5.74, 6) is 2.45. The van der Waals surface area contributed by atoms with Gasteiger partial charge in [-0.15, -0.1) is 0 Å². The lowest BCUT2D eigenvalue weighted by Gasteiger charge is -2.27. The normalized spacial score (nSPS) is 20.9. The van der Waals surface area contributed by atoms with Crippen LogP contribution in [-0.4, -0.2) is 63.3 Å². The van der Waals surface area contributed by atoms with E-state index in [4.69, 9.17) is 9.47 Å². The van der Waals surface area contributed by atoms with E-state index in [1.54, 1.807) is 7.05 Å². The summed E-state index contributed by atoms with van der Waals surface area (Å²) in [4.78, 5) is 6.80. The lowest BCUT2D eigenvalue weighted by atomic mass is 10.2. The van der Waals surface area contributed by atoms with E-state index in [9.17, 15) is 0 Å². The minimum atomic E-state index is -0.0111. The number of guanidine groups is 1. The number of rotatable bonds is 6. The second-order valence-electron chi connectivity index (χ2n) is 6.28. The van der Waals surface area contributed by atoms with Gasteiger partial charge in [-0.3, -0.25) is 4.99 Å². The third-order valence-electron chi connectivity index (χ3n) is 4.43. The molecule has 24 heavy (non-hydrogen) atoms. The molecular formula is C18H28N4O2. The van der Waals surface area contributed by atoms with Crippen LogP contribution in [0.3, 0.4) is 0 Å². The Morgan fingerprint density at radius 1 is 1.21 bits per heavy atom. The van der Waals surface area contributed by atoms with Crippen molar-refractivity contribution in [3.8, 4) is 11.5 Å². The maximum Gasteiger partial charge on any atom is 0.191 e. The Morgan fingerprint density at radius 3 is 2.79 bits per heavy atom. The zero-order valence-electron chi connectivity index (χ0n) is 14.5. The van der Waals surface area contributed by atoms with Gasteiger partial charge in [0.1, 0.15) is 12.7 Å². The Kier molecular flexibility index (Phi) is 6.18. The number of nitrogens with zero attached hydrogens (tertiary/aromatic N) is 2. The smallest absolute Gasteiger partial charge is 0.191 e. The molecule has 2 heterocycles. The van der Waals surface area contributed by atoms with Crippen LogP contribution in [0.4, 0.5) is 0 Å². The molecule has 0 saturated carbocycles. The van der Waals surface area contributed by atoms with Crippen molar-refractivity contribution in [2.75, 3.05) is 46.4 Å². The molecule has 2 aliphatic rings. The van der Waals surface area contributed by atoms with Gasteiger partial charge >= 0.3 is 0 Å². The molecule has 0 spiro atoms. The van der Waals surface area contributed by atoms with Crippen LogP contribution >= 0.6 is 0 Å². The highest BCUT2D eigenvalue weighted by atomic mass is 16.6. The molecule has 132 valence electrons. The minimum absolute atomic E-state index is 0.0111. The van der Waals surface area contributed by atoms with E-state index in [2.05, 4.69) is 20.5 Å². The molecule has 1 aromatic rings. The highest BCUT2D eigenvalue weighted by molar-refractivity contribution is 5.79. The van der Waals surface area contributed by atoms with Crippen molar-refractivity contribution in [2.24, 2.45) is 4.99 Å². The number of benzene rings is 1. The first-order valence-corrected chi connectivity index (χ1v) is 8.90. The maximum absolute atomic E-state index is 5.94. The number of ether oxygens (including phenoxy) is 2. The molecule has 6 heteroatoms. The third kappa shape index (κ3) is 4.77. The summed E-state index contributed by atoms with van der Waals surface area (Å²) < 4.78 is 11.7. The number of para-hydroxylation sites is 2. The first kappa shape index (κ1) is 16.9. The zero-order chi connectivity index (χ0) is 16.6. The quantitative estimate of drug-likeness (QED) is 0.469. The van der Waals surface area contributed by atoms with Gasteiger partial charge in [-0.1, -0.05) is 12.1 Å². The van der Waals surface area contributed by atoms with Crippen LogP contribution in [0.1, 0.15) is 19.3 Å². The van der Waals surface area contributed by atoms with Crippen molar-refractivity contribution in [3.63, 3.8) is 0 Å². The van der Waals surface area contributed by atoms with E-state index >= 15 is 0 Å². The predicted octanol–water partition coefficient (Wildman–Crippen LogP) is 1.48. The highest BCUT2D eigenvalue weighted by Gasteiger charge is 2.20. The van der Waals surface area contributed by atoms with E-state index < -0.39 is 0 Å². The number of hydrogen-bond acceptors (Lipinski definition) is 4. The highest BCUT2D eigenvalue weighted by Crippen LogP contribution is 2.30. The predicted molar refractivity (Wildman–Crippen MR) is 96.0 cm³/mol. The van der Waals surface area contributed by atoms with Crippen molar-refractivity contribution < 1.29 is 9.47 Å². The van der Waals surface area contributed by atoms with Crippen molar-refractivity contribution in [1.29, 1.82) is 0 Å². The molecule has 2 aliphatic heterocycles. The molecular weight excluding hydrogens is 304 g/mol. The van der Waals surface area contributed by atoms with Crippen LogP contribution in [0.15, 0.2) is 29.3 Å².